The molecular weight excluding hydrogens is 224 g/mol. The van der Waals surface area contributed by atoms with Gasteiger partial charge >= 0.3 is 0 Å². The average molecular weight is 235 g/mol. The summed E-state index contributed by atoms with van der Waals surface area (Å²) in [6.45, 7) is 2.01. The number of hydrogen-bond acceptors (Lipinski definition) is 4. The standard InChI is InChI=1S/C11H11ClN4/c1-8(10-7-13-4-5-14-10)16-9-2-3-11(12)15-6-9/h2-8,16H,1H3. The van der Waals surface area contributed by atoms with Crippen LogP contribution in [0.1, 0.15) is 18.7 Å². The fourth-order valence-corrected chi connectivity index (χ4v) is 1.43. The number of nitrogens with zero attached hydrogens (tertiary/aromatic N) is 3. The van der Waals surface area contributed by atoms with Crippen LogP contribution in [0.4, 0.5) is 5.69 Å². The quantitative estimate of drug-likeness (QED) is 0.830. The molecule has 1 atom stereocenters. The summed E-state index contributed by atoms with van der Waals surface area (Å²) in [5.74, 6) is 0. The van der Waals surface area contributed by atoms with Crippen LogP contribution < -0.4 is 5.32 Å². The van der Waals surface area contributed by atoms with Crippen LogP contribution in [0, 0.1) is 0 Å². The maximum absolute atomic E-state index is 5.70. The highest BCUT2D eigenvalue weighted by Crippen LogP contribution is 2.16. The molecule has 1 N–H and O–H groups in total. The van der Waals surface area contributed by atoms with Crippen molar-refractivity contribution in [3.8, 4) is 0 Å². The summed E-state index contributed by atoms with van der Waals surface area (Å²) in [6, 6.07) is 3.70. The van der Waals surface area contributed by atoms with Crippen molar-refractivity contribution in [2.24, 2.45) is 0 Å². The lowest BCUT2D eigenvalue weighted by Crippen LogP contribution is -2.08. The van der Waals surface area contributed by atoms with Gasteiger partial charge < -0.3 is 5.32 Å². The Kier molecular flexibility index (Phi) is 3.31. The van der Waals surface area contributed by atoms with E-state index in [9.17, 15) is 0 Å². The van der Waals surface area contributed by atoms with Crippen LogP contribution >= 0.6 is 11.6 Å². The molecule has 0 saturated heterocycles. The smallest absolute Gasteiger partial charge is 0.129 e. The van der Waals surface area contributed by atoms with E-state index in [1.807, 2.05) is 13.0 Å². The van der Waals surface area contributed by atoms with Crippen molar-refractivity contribution in [3.63, 3.8) is 0 Å². The van der Waals surface area contributed by atoms with Crippen molar-refractivity contribution in [2.75, 3.05) is 5.32 Å². The largest absolute Gasteiger partial charge is 0.376 e. The van der Waals surface area contributed by atoms with E-state index < -0.39 is 0 Å². The van der Waals surface area contributed by atoms with E-state index in [-0.39, 0.29) is 6.04 Å². The fourth-order valence-electron chi connectivity index (χ4n) is 1.32. The maximum atomic E-state index is 5.70. The van der Waals surface area contributed by atoms with E-state index in [4.69, 9.17) is 11.6 Å². The van der Waals surface area contributed by atoms with E-state index >= 15 is 0 Å². The monoisotopic (exact) mass is 234 g/mol. The van der Waals surface area contributed by atoms with Crippen molar-refractivity contribution in [1.82, 2.24) is 15.0 Å². The second-order valence-corrected chi connectivity index (χ2v) is 3.75. The highest BCUT2D eigenvalue weighted by Gasteiger charge is 2.06. The third-order valence-corrected chi connectivity index (χ3v) is 2.36. The molecule has 0 bridgehead atoms. The second kappa shape index (κ2) is 4.90. The molecule has 2 aromatic rings. The van der Waals surface area contributed by atoms with Crippen molar-refractivity contribution in [3.05, 3.63) is 47.8 Å². The third kappa shape index (κ3) is 2.67. The number of pyridine rings is 1. The van der Waals surface area contributed by atoms with E-state index in [0.29, 0.717) is 5.15 Å². The molecule has 2 aromatic heterocycles. The van der Waals surface area contributed by atoms with Gasteiger partial charge in [-0.3, -0.25) is 9.97 Å². The van der Waals surface area contributed by atoms with E-state index in [2.05, 4.69) is 20.3 Å². The van der Waals surface area contributed by atoms with E-state index in [1.54, 1.807) is 30.9 Å². The number of rotatable bonds is 3. The van der Waals surface area contributed by atoms with Gasteiger partial charge in [0.25, 0.3) is 0 Å². The maximum Gasteiger partial charge on any atom is 0.129 e. The predicted octanol–water partition coefficient (Wildman–Crippen LogP) is 2.70. The van der Waals surface area contributed by atoms with Crippen molar-refractivity contribution in [2.45, 2.75) is 13.0 Å². The Labute approximate surface area is 98.7 Å². The summed E-state index contributed by atoms with van der Waals surface area (Å²) in [5, 5.41) is 3.75. The lowest BCUT2D eigenvalue weighted by Gasteiger charge is -2.13. The first-order valence-electron chi connectivity index (χ1n) is 4.90. The van der Waals surface area contributed by atoms with Crippen molar-refractivity contribution >= 4 is 17.3 Å². The SMILES string of the molecule is CC(Nc1ccc(Cl)nc1)c1cnccn1. The first-order chi connectivity index (χ1) is 7.75. The lowest BCUT2D eigenvalue weighted by molar-refractivity contribution is 0.826. The molecule has 0 amide bonds. The van der Waals surface area contributed by atoms with Gasteiger partial charge in [-0.05, 0) is 19.1 Å². The summed E-state index contributed by atoms with van der Waals surface area (Å²) in [7, 11) is 0. The molecule has 82 valence electrons. The molecule has 0 spiro atoms. The summed E-state index contributed by atoms with van der Waals surface area (Å²) in [4.78, 5) is 12.2. The topological polar surface area (TPSA) is 50.7 Å². The zero-order valence-corrected chi connectivity index (χ0v) is 9.52. The molecule has 0 aliphatic heterocycles. The predicted molar refractivity (Wildman–Crippen MR) is 63.3 cm³/mol. The molecule has 0 fully saturated rings. The van der Waals surface area contributed by atoms with E-state index in [1.165, 1.54) is 0 Å². The van der Waals surface area contributed by atoms with Gasteiger partial charge in [0.2, 0.25) is 0 Å². The van der Waals surface area contributed by atoms with Gasteiger partial charge in [0, 0.05) is 12.4 Å². The number of halogens is 1. The molecule has 4 nitrogen and oxygen atoms in total. The molecule has 0 aromatic carbocycles. The Morgan fingerprint density at radius 3 is 2.69 bits per heavy atom. The van der Waals surface area contributed by atoms with Gasteiger partial charge in [-0.25, -0.2) is 4.98 Å². The minimum Gasteiger partial charge on any atom is -0.376 e. The second-order valence-electron chi connectivity index (χ2n) is 3.37. The molecular formula is C11H11ClN4. The fraction of sp³-hybridized carbons (Fsp3) is 0.182. The van der Waals surface area contributed by atoms with Gasteiger partial charge in [-0.2, -0.15) is 0 Å². The Bertz CT molecular complexity index is 443. The number of nitrogens with one attached hydrogen (secondary N) is 1. The highest BCUT2D eigenvalue weighted by molar-refractivity contribution is 6.29. The molecule has 0 aliphatic rings. The molecule has 2 rings (SSSR count). The van der Waals surface area contributed by atoms with Gasteiger partial charge in [-0.15, -0.1) is 0 Å². The molecule has 16 heavy (non-hydrogen) atoms. The zero-order chi connectivity index (χ0) is 11.4. The average Bonchev–Trinajstić information content (AvgIpc) is 2.33. The number of anilines is 1. The van der Waals surface area contributed by atoms with Gasteiger partial charge in [0.1, 0.15) is 5.15 Å². The Morgan fingerprint density at radius 1 is 1.19 bits per heavy atom. The minimum absolute atomic E-state index is 0.0803. The van der Waals surface area contributed by atoms with Crippen LogP contribution in [0.3, 0.4) is 0 Å². The molecule has 2 heterocycles. The van der Waals surface area contributed by atoms with Crippen LogP contribution in [0.2, 0.25) is 5.15 Å². The Hall–Kier alpha value is -1.68. The van der Waals surface area contributed by atoms with Crippen molar-refractivity contribution in [1.29, 1.82) is 0 Å². The lowest BCUT2D eigenvalue weighted by atomic mass is 10.2. The summed E-state index contributed by atoms with van der Waals surface area (Å²) in [5.41, 5.74) is 1.79. The van der Waals surface area contributed by atoms with Gasteiger partial charge in [-0.1, -0.05) is 11.6 Å². The minimum atomic E-state index is 0.0803. The van der Waals surface area contributed by atoms with Gasteiger partial charge in [0.05, 0.1) is 29.8 Å². The molecule has 0 radical (unpaired) electrons. The normalized spacial score (nSPS) is 12.1. The number of aromatic nitrogens is 3. The third-order valence-electron chi connectivity index (χ3n) is 2.14. The Morgan fingerprint density at radius 2 is 2.06 bits per heavy atom. The summed E-state index contributed by atoms with van der Waals surface area (Å²) >= 11 is 5.70. The molecule has 0 saturated carbocycles. The summed E-state index contributed by atoms with van der Waals surface area (Å²) < 4.78 is 0. The first kappa shape index (κ1) is 10.8. The van der Waals surface area contributed by atoms with Crippen LogP contribution in [-0.4, -0.2) is 15.0 Å². The van der Waals surface area contributed by atoms with Crippen LogP contribution in [-0.2, 0) is 0 Å². The molecule has 5 heteroatoms. The van der Waals surface area contributed by atoms with E-state index in [0.717, 1.165) is 11.4 Å². The van der Waals surface area contributed by atoms with Gasteiger partial charge in [0.15, 0.2) is 0 Å². The van der Waals surface area contributed by atoms with Crippen LogP contribution in [0.25, 0.3) is 0 Å². The van der Waals surface area contributed by atoms with Crippen molar-refractivity contribution < 1.29 is 0 Å². The first-order valence-corrected chi connectivity index (χ1v) is 5.27. The Balaban J connectivity index is 2.08. The number of hydrogen-bond donors (Lipinski definition) is 1. The molecule has 1 unspecified atom stereocenters. The zero-order valence-electron chi connectivity index (χ0n) is 8.76. The highest BCUT2D eigenvalue weighted by atomic mass is 35.5. The molecule has 0 aliphatic carbocycles. The van der Waals surface area contributed by atoms with Crippen LogP contribution in [0.5, 0.6) is 0 Å². The van der Waals surface area contributed by atoms with Crippen LogP contribution in [0.15, 0.2) is 36.9 Å². The summed E-state index contributed by atoms with van der Waals surface area (Å²) in [6.07, 6.45) is 6.75.